The monoisotopic (exact) mass is 545 g/mol. The Kier molecular flexibility index (Phi) is 8.18. The summed E-state index contributed by atoms with van der Waals surface area (Å²) in [6, 6.07) is 19.1. The summed E-state index contributed by atoms with van der Waals surface area (Å²) in [5, 5.41) is 9.42. The molecule has 6 heteroatoms. The third-order valence-corrected chi connectivity index (χ3v) is 8.66. The topological polar surface area (TPSA) is 59.0 Å². The van der Waals surface area contributed by atoms with Gasteiger partial charge in [-0.15, -0.1) is 0 Å². The molecule has 1 N–H and O–H groups in total. The van der Waals surface area contributed by atoms with Gasteiger partial charge in [0.1, 0.15) is 23.9 Å². The van der Waals surface area contributed by atoms with Crippen LogP contribution in [0.25, 0.3) is 11.1 Å². The number of aliphatic carboxylic acids is 1. The number of methoxy groups -OCH3 is 1. The smallest absolute Gasteiger partial charge is 0.303 e. The van der Waals surface area contributed by atoms with E-state index in [1.54, 1.807) is 19.2 Å². The first-order chi connectivity index (χ1) is 19.2. The Hall–Kier alpha value is -3.38. The van der Waals surface area contributed by atoms with Crippen molar-refractivity contribution in [2.45, 2.75) is 64.5 Å². The first-order valence-corrected chi connectivity index (χ1v) is 14.3. The van der Waals surface area contributed by atoms with Gasteiger partial charge in [0.25, 0.3) is 0 Å². The number of likely N-dealkylation sites (tertiary alicyclic amines) is 1. The molecular formula is C34H40FNO4. The predicted octanol–water partition coefficient (Wildman–Crippen LogP) is 7.84. The second kappa shape index (κ2) is 11.6. The number of carbonyl (C=O) groups is 1. The van der Waals surface area contributed by atoms with Crippen molar-refractivity contribution in [2.75, 3.05) is 20.7 Å². The zero-order valence-electron chi connectivity index (χ0n) is 24.0. The zero-order valence-corrected chi connectivity index (χ0v) is 24.0. The molecule has 1 unspecified atom stereocenters. The van der Waals surface area contributed by atoms with Gasteiger partial charge in [0.2, 0.25) is 0 Å². The van der Waals surface area contributed by atoms with E-state index in [1.807, 2.05) is 36.4 Å². The molecule has 40 heavy (non-hydrogen) atoms. The molecule has 3 aromatic carbocycles. The number of benzene rings is 3. The van der Waals surface area contributed by atoms with Crippen molar-refractivity contribution in [1.29, 1.82) is 0 Å². The average Bonchev–Trinajstić information content (AvgIpc) is 3.76. The Labute approximate surface area is 236 Å². The lowest BCUT2D eigenvalue weighted by molar-refractivity contribution is -0.137. The highest BCUT2D eigenvalue weighted by Crippen LogP contribution is 2.48. The Balaban J connectivity index is 1.47. The molecule has 0 amide bonds. The van der Waals surface area contributed by atoms with Crippen LogP contribution < -0.4 is 9.47 Å². The van der Waals surface area contributed by atoms with Crippen molar-refractivity contribution in [3.05, 3.63) is 83.2 Å². The first kappa shape index (κ1) is 28.2. The van der Waals surface area contributed by atoms with Crippen molar-refractivity contribution in [3.8, 4) is 22.6 Å². The molecule has 0 spiro atoms. The van der Waals surface area contributed by atoms with E-state index in [2.05, 4.69) is 31.9 Å². The number of nitrogens with zero attached hydrogens (tertiary/aromatic N) is 1. The van der Waals surface area contributed by atoms with E-state index < -0.39 is 5.97 Å². The fraction of sp³-hybridized carbons (Fsp3) is 0.441. The summed E-state index contributed by atoms with van der Waals surface area (Å²) >= 11 is 0. The third kappa shape index (κ3) is 6.17. The van der Waals surface area contributed by atoms with Gasteiger partial charge in [-0.05, 0) is 109 Å². The standard InChI is InChI=1S/C34H40FNO4/c1-34(2)15-6-16-36(3)33(34)30-17-22(9-13-27(30)29-19-25(39-4)12-14-31(29)35)21-40-26-8-5-7-24(18-26)28(20-32(37)38)23-10-11-23/h5,7-9,12-14,17-19,23,28,33H,6,10-11,15-16,20-21H2,1-4H3,(H,37,38)/t28?,33-/m0/s1. The van der Waals surface area contributed by atoms with E-state index in [-0.39, 0.29) is 29.6 Å². The van der Waals surface area contributed by atoms with Crippen LogP contribution in [0.3, 0.4) is 0 Å². The maximum Gasteiger partial charge on any atom is 0.303 e. The number of carboxylic acids is 1. The fourth-order valence-corrected chi connectivity index (χ4v) is 6.56. The van der Waals surface area contributed by atoms with Crippen LogP contribution in [-0.4, -0.2) is 36.7 Å². The minimum absolute atomic E-state index is 0.00681. The Morgan fingerprint density at radius 3 is 2.58 bits per heavy atom. The van der Waals surface area contributed by atoms with Crippen LogP contribution in [0, 0.1) is 17.2 Å². The fourth-order valence-electron chi connectivity index (χ4n) is 6.56. The molecule has 212 valence electrons. The zero-order chi connectivity index (χ0) is 28.4. The molecule has 0 bridgehead atoms. The SMILES string of the molecule is COc1ccc(F)c(-c2ccc(COc3cccc(C(CC(=O)O)C4CC4)c3)cc2[C@@H]2N(C)CCCC2(C)C)c1. The molecule has 1 saturated carbocycles. The minimum Gasteiger partial charge on any atom is -0.497 e. The minimum atomic E-state index is -0.765. The molecule has 1 heterocycles. The lowest BCUT2D eigenvalue weighted by Crippen LogP contribution is -2.41. The van der Waals surface area contributed by atoms with Crippen LogP contribution in [0.5, 0.6) is 11.5 Å². The third-order valence-electron chi connectivity index (χ3n) is 8.66. The van der Waals surface area contributed by atoms with Gasteiger partial charge in [0.15, 0.2) is 0 Å². The van der Waals surface area contributed by atoms with Crippen LogP contribution in [0.4, 0.5) is 4.39 Å². The van der Waals surface area contributed by atoms with E-state index in [1.165, 1.54) is 6.07 Å². The Bertz CT molecular complexity index is 1370. The van der Waals surface area contributed by atoms with Crippen LogP contribution >= 0.6 is 0 Å². The quantitative estimate of drug-likeness (QED) is 0.281. The summed E-state index contributed by atoms with van der Waals surface area (Å²) in [6.07, 6.45) is 4.53. The summed E-state index contributed by atoms with van der Waals surface area (Å²) in [7, 11) is 3.75. The van der Waals surface area contributed by atoms with Crippen molar-refractivity contribution >= 4 is 5.97 Å². The highest BCUT2D eigenvalue weighted by molar-refractivity contribution is 5.71. The van der Waals surface area contributed by atoms with Gasteiger partial charge in [-0.2, -0.15) is 0 Å². The molecular weight excluding hydrogens is 505 g/mol. The largest absolute Gasteiger partial charge is 0.497 e. The van der Waals surface area contributed by atoms with Gasteiger partial charge < -0.3 is 14.6 Å². The molecule has 3 aromatic rings. The van der Waals surface area contributed by atoms with Crippen LogP contribution in [0.2, 0.25) is 0 Å². The van der Waals surface area contributed by atoms with Gasteiger partial charge in [-0.3, -0.25) is 9.69 Å². The maximum absolute atomic E-state index is 15.2. The molecule has 1 aliphatic carbocycles. The van der Waals surface area contributed by atoms with E-state index in [0.29, 0.717) is 23.8 Å². The molecule has 1 aliphatic heterocycles. The summed E-state index contributed by atoms with van der Waals surface area (Å²) < 4.78 is 26.9. The maximum atomic E-state index is 15.2. The van der Waals surface area contributed by atoms with Crippen molar-refractivity contribution in [3.63, 3.8) is 0 Å². The summed E-state index contributed by atoms with van der Waals surface area (Å²) in [4.78, 5) is 13.8. The van der Waals surface area contributed by atoms with Gasteiger partial charge in [0, 0.05) is 11.6 Å². The van der Waals surface area contributed by atoms with Gasteiger partial charge >= 0.3 is 5.97 Å². The van der Waals surface area contributed by atoms with E-state index >= 15 is 4.39 Å². The first-order valence-electron chi connectivity index (χ1n) is 14.3. The highest BCUT2D eigenvalue weighted by atomic mass is 19.1. The molecule has 2 fully saturated rings. The van der Waals surface area contributed by atoms with Gasteiger partial charge in [-0.1, -0.05) is 44.2 Å². The Morgan fingerprint density at radius 1 is 1.07 bits per heavy atom. The van der Waals surface area contributed by atoms with E-state index in [4.69, 9.17) is 9.47 Å². The molecule has 0 aromatic heterocycles. The number of carboxylic acid groups (broad SMARTS) is 1. The number of piperidine rings is 1. The van der Waals surface area contributed by atoms with Crippen molar-refractivity contribution in [2.24, 2.45) is 11.3 Å². The highest BCUT2D eigenvalue weighted by Gasteiger charge is 2.38. The van der Waals surface area contributed by atoms with Crippen molar-refractivity contribution < 1.29 is 23.8 Å². The number of rotatable bonds is 10. The predicted molar refractivity (Wildman–Crippen MR) is 155 cm³/mol. The van der Waals surface area contributed by atoms with E-state index in [9.17, 15) is 9.90 Å². The van der Waals surface area contributed by atoms with Crippen LogP contribution in [0.1, 0.15) is 74.6 Å². The number of halogens is 1. The van der Waals surface area contributed by atoms with Gasteiger partial charge in [0.05, 0.1) is 13.5 Å². The Morgan fingerprint density at radius 2 is 1.88 bits per heavy atom. The normalized spacial score (nSPS) is 19.7. The van der Waals surface area contributed by atoms with Crippen LogP contribution in [0.15, 0.2) is 60.7 Å². The lowest BCUT2D eigenvalue weighted by Gasteiger charge is -2.46. The number of hydrogen-bond donors (Lipinski definition) is 1. The number of ether oxygens (including phenoxy) is 2. The molecule has 2 aliphatic rings. The molecule has 0 radical (unpaired) electrons. The second-order valence-electron chi connectivity index (χ2n) is 12.1. The lowest BCUT2D eigenvalue weighted by atomic mass is 9.72. The summed E-state index contributed by atoms with van der Waals surface area (Å²) in [6.45, 7) is 5.93. The molecule has 2 atom stereocenters. The summed E-state index contributed by atoms with van der Waals surface area (Å²) in [5.74, 6) is 0.777. The van der Waals surface area contributed by atoms with E-state index in [0.717, 1.165) is 60.2 Å². The van der Waals surface area contributed by atoms with Crippen LogP contribution in [-0.2, 0) is 11.4 Å². The number of hydrogen-bond acceptors (Lipinski definition) is 4. The molecule has 1 saturated heterocycles. The average molecular weight is 546 g/mol. The van der Waals surface area contributed by atoms with Crippen molar-refractivity contribution in [1.82, 2.24) is 4.90 Å². The molecule has 5 nitrogen and oxygen atoms in total. The summed E-state index contributed by atoms with van der Waals surface area (Å²) in [5.41, 5.74) is 4.53. The van der Waals surface area contributed by atoms with Gasteiger partial charge in [-0.25, -0.2) is 4.39 Å². The second-order valence-corrected chi connectivity index (χ2v) is 12.1. The molecule has 5 rings (SSSR count).